The predicted octanol–water partition coefficient (Wildman–Crippen LogP) is 0.468. The first-order valence-corrected chi connectivity index (χ1v) is 12.5. The summed E-state index contributed by atoms with van der Waals surface area (Å²) in [7, 11) is -0.340. The number of imidazole rings is 1. The molecule has 12 heteroatoms. The molecule has 0 saturated carbocycles. The van der Waals surface area contributed by atoms with E-state index in [-0.39, 0.29) is 43.0 Å². The lowest BCUT2D eigenvalue weighted by atomic mass is 9.98. The number of sulfonamides is 1. The molecule has 0 bridgehead atoms. The predicted molar refractivity (Wildman–Crippen MR) is 124 cm³/mol. The fraction of sp³-hybridized carbons (Fsp3) is 0.455. The summed E-state index contributed by atoms with van der Waals surface area (Å²) in [5.74, 6) is -0.775. The molecule has 4 rings (SSSR count). The molecule has 2 aromatic heterocycles. The molecule has 34 heavy (non-hydrogen) atoms. The van der Waals surface area contributed by atoms with Gasteiger partial charge in [-0.1, -0.05) is 18.2 Å². The van der Waals surface area contributed by atoms with Crippen molar-refractivity contribution in [3.05, 3.63) is 57.5 Å². The van der Waals surface area contributed by atoms with Crippen LogP contribution < -0.4 is 11.2 Å². The Morgan fingerprint density at radius 2 is 1.79 bits per heavy atom. The van der Waals surface area contributed by atoms with Gasteiger partial charge in [-0.2, -0.15) is 4.31 Å². The van der Waals surface area contributed by atoms with Gasteiger partial charge in [0.1, 0.15) is 0 Å². The van der Waals surface area contributed by atoms with Crippen molar-refractivity contribution in [2.75, 3.05) is 19.7 Å². The molecular weight excluding hydrogens is 462 g/mol. The topological polar surface area (TPSA) is 126 Å². The van der Waals surface area contributed by atoms with E-state index in [0.717, 1.165) is 4.57 Å². The fourth-order valence-corrected chi connectivity index (χ4v) is 5.67. The molecule has 0 unspecified atom stereocenters. The van der Waals surface area contributed by atoms with Gasteiger partial charge in [0.15, 0.2) is 11.2 Å². The number of carbonyl (C=O) groups is 1. The summed E-state index contributed by atoms with van der Waals surface area (Å²) in [6.45, 7) is 0.647. The molecule has 0 N–H and O–H groups in total. The number of hydrogen-bond donors (Lipinski definition) is 0. The van der Waals surface area contributed by atoms with E-state index in [1.54, 1.807) is 49.0 Å². The van der Waals surface area contributed by atoms with Crippen molar-refractivity contribution in [1.29, 1.82) is 0 Å². The van der Waals surface area contributed by atoms with Crippen molar-refractivity contribution in [3.8, 4) is 0 Å². The zero-order valence-electron chi connectivity index (χ0n) is 19.1. The molecule has 1 aliphatic rings. The molecule has 11 nitrogen and oxygen atoms in total. The summed E-state index contributed by atoms with van der Waals surface area (Å²) >= 11 is 0. The van der Waals surface area contributed by atoms with E-state index in [4.69, 9.17) is 4.74 Å². The van der Waals surface area contributed by atoms with Crippen LogP contribution in [0.5, 0.6) is 0 Å². The first kappa shape index (κ1) is 23.9. The van der Waals surface area contributed by atoms with Crippen LogP contribution in [0.4, 0.5) is 0 Å². The standard InChI is InChI=1S/C22H27N5O6S/c1-24-15-23-19-18(24)20(28)27(22(30)25(19)2)11-6-14-33-21(29)16-9-12-26(13-10-16)34(31,32)17-7-4-3-5-8-17/h3-5,7-8,15-16H,6,9-14H2,1-2H3. The number of esters is 1. The van der Waals surface area contributed by atoms with Crippen LogP contribution in [0.1, 0.15) is 19.3 Å². The molecule has 3 heterocycles. The third-order valence-electron chi connectivity index (χ3n) is 6.14. The van der Waals surface area contributed by atoms with Crippen LogP contribution in [-0.4, -0.2) is 57.1 Å². The molecule has 1 aliphatic heterocycles. The molecule has 1 fully saturated rings. The van der Waals surface area contributed by atoms with Crippen molar-refractivity contribution in [2.45, 2.75) is 30.7 Å². The van der Waals surface area contributed by atoms with Crippen molar-refractivity contribution in [3.63, 3.8) is 0 Å². The Morgan fingerprint density at radius 1 is 1.12 bits per heavy atom. The summed E-state index contributed by atoms with van der Waals surface area (Å²) < 4.78 is 36.2. The summed E-state index contributed by atoms with van der Waals surface area (Å²) in [6.07, 6.45) is 2.53. The monoisotopic (exact) mass is 489 g/mol. The molecule has 1 aromatic carbocycles. The van der Waals surface area contributed by atoms with Gasteiger partial charge in [0.25, 0.3) is 5.56 Å². The van der Waals surface area contributed by atoms with E-state index in [0.29, 0.717) is 30.4 Å². The number of ether oxygens (including phenoxy) is 1. The number of fused-ring (bicyclic) bond motifs is 1. The van der Waals surface area contributed by atoms with E-state index in [1.807, 2.05) is 0 Å². The van der Waals surface area contributed by atoms with Crippen LogP contribution in [-0.2, 0) is 40.2 Å². The Bertz CT molecular complexity index is 1420. The number of aromatic nitrogens is 4. The number of rotatable bonds is 7. The minimum absolute atomic E-state index is 0.0559. The molecule has 1 saturated heterocycles. The van der Waals surface area contributed by atoms with E-state index >= 15 is 0 Å². The molecule has 0 radical (unpaired) electrons. The lowest BCUT2D eigenvalue weighted by Gasteiger charge is -2.30. The highest BCUT2D eigenvalue weighted by atomic mass is 32.2. The first-order chi connectivity index (χ1) is 16.2. The Balaban J connectivity index is 1.30. The van der Waals surface area contributed by atoms with E-state index < -0.39 is 21.3 Å². The smallest absolute Gasteiger partial charge is 0.332 e. The van der Waals surface area contributed by atoms with E-state index in [2.05, 4.69) is 4.98 Å². The molecule has 3 aromatic rings. The Morgan fingerprint density at radius 3 is 2.47 bits per heavy atom. The van der Waals surface area contributed by atoms with Crippen molar-refractivity contribution in [2.24, 2.45) is 20.0 Å². The number of nitrogens with zero attached hydrogens (tertiary/aromatic N) is 5. The summed E-state index contributed by atoms with van der Waals surface area (Å²) in [5, 5.41) is 0. The van der Waals surface area contributed by atoms with Crippen molar-refractivity contribution >= 4 is 27.2 Å². The highest BCUT2D eigenvalue weighted by molar-refractivity contribution is 7.89. The first-order valence-electron chi connectivity index (χ1n) is 11.0. The normalized spacial score (nSPS) is 15.6. The summed E-state index contributed by atoms with van der Waals surface area (Å²) in [6, 6.07) is 8.22. The van der Waals surface area contributed by atoms with E-state index in [9.17, 15) is 22.8 Å². The quantitative estimate of drug-likeness (QED) is 0.349. The Hall–Kier alpha value is -3.25. The Labute approximate surface area is 196 Å². The second-order valence-corrected chi connectivity index (χ2v) is 10.3. The Kier molecular flexibility index (Phi) is 6.71. The van der Waals surface area contributed by atoms with Crippen LogP contribution in [0, 0.1) is 5.92 Å². The number of aryl methyl sites for hydroxylation is 2. The van der Waals surface area contributed by atoms with Crippen LogP contribution in [0.2, 0.25) is 0 Å². The van der Waals surface area contributed by atoms with Gasteiger partial charge < -0.3 is 9.30 Å². The molecular formula is C22H27N5O6S. The number of piperidine rings is 1. The lowest BCUT2D eigenvalue weighted by Crippen LogP contribution is -2.41. The van der Waals surface area contributed by atoms with Gasteiger partial charge in [-0.25, -0.2) is 18.2 Å². The highest BCUT2D eigenvalue weighted by Crippen LogP contribution is 2.24. The van der Waals surface area contributed by atoms with E-state index in [1.165, 1.54) is 15.2 Å². The molecule has 0 spiro atoms. The second kappa shape index (κ2) is 9.55. The van der Waals surface area contributed by atoms with Crippen molar-refractivity contribution in [1.82, 2.24) is 23.0 Å². The van der Waals surface area contributed by atoms with Gasteiger partial charge in [0.2, 0.25) is 10.0 Å². The third-order valence-corrected chi connectivity index (χ3v) is 8.05. The SMILES string of the molecule is Cn1cnc2c1c(=O)n(CCCOC(=O)C1CCN(S(=O)(=O)c3ccccc3)CC1)c(=O)n2C. The number of carbonyl (C=O) groups excluding carboxylic acids is 1. The minimum atomic E-state index is -3.58. The van der Waals surface area contributed by atoms with Crippen LogP contribution in [0.3, 0.4) is 0 Å². The molecule has 182 valence electrons. The second-order valence-electron chi connectivity index (χ2n) is 8.34. The van der Waals surface area contributed by atoms with Gasteiger partial charge in [-0.05, 0) is 31.4 Å². The number of benzene rings is 1. The average molecular weight is 490 g/mol. The van der Waals surface area contributed by atoms with Crippen LogP contribution in [0.15, 0.2) is 51.1 Å². The molecule has 0 atom stereocenters. The zero-order chi connectivity index (χ0) is 24.5. The molecule has 0 amide bonds. The maximum absolute atomic E-state index is 12.7. The fourth-order valence-electron chi connectivity index (χ4n) is 4.18. The van der Waals surface area contributed by atoms with Gasteiger partial charge in [-0.3, -0.25) is 18.7 Å². The van der Waals surface area contributed by atoms with Gasteiger partial charge >= 0.3 is 11.7 Å². The minimum Gasteiger partial charge on any atom is -0.465 e. The van der Waals surface area contributed by atoms with Gasteiger partial charge in [0.05, 0.1) is 23.7 Å². The third kappa shape index (κ3) is 4.42. The number of hydrogen-bond acceptors (Lipinski definition) is 7. The summed E-state index contributed by atoms with van der Waals surface area (Å²) in [5.41, 5.74) is -0.261. The van der Waals surface area contributed by atoms with Crippen LogP contribution in [0.25, 0.3) is 11.2 Å². The largest absolute Gasteiger partial charge is 0.465 e. The van der Waals surface area contributed by atoms with Crippen LogP contribution >= 0.6 is 0 Å². The lowest BCUT2D eigenvalue weighted by molar-refractivity contribution is -0.150. The summed E-state index contributed by atoms with van der Waals surface area (Å²) in [4.78, 5) is 42.0. The maximum Gasteiger partial charge on any atom is 0.332 e. The highest BCUT2D eigenvalue weighted by Gasteiger charge is 2.32. The molecule has 0 aliphatic carbocycles. The maximum atomic E-state index is 12.7. The van der Waals surface area contributed by atoms with Gasteiger partial charge in [-0.15, -0.1) is 0 Å². The zero-order valence-corrected chi connectivity index (χ0v) is 19.9. The van der Waals surface area contributed by atoms with Gasteiger partial charge in [0, 0.05) is 33.7 Å². The average Bonchev–Trinajstić information content (AvgIpc) is 3.24. The van der Waals surface area contributed by atoms with Crippen molar-refractivity contribution < 1.29 is 17.9 Å².